The standard InChI is InChI=1S/C29H58O5/c1-3-4-5-6-7-8-9-10-11-12-13-14-15-16-17-18-19-21-24-33-27-28(26-30)34-25-22-20-23-29(31)32-2/h28,30H,3-27H2,1-2H3/t28-/m0/s1. The van der Waals surface area contributed by atoms with E-state index in [1.165, 1.54) is 116 Å². The Morgan fingerprint density at radius 2 is 1.09 bits per heavy atom. The summed E-state index contributed by atoms with van der Waals surface area (Å²) in [6.45, 7) is 3.96. The third-order valence-corrected chi connectivity index (χ3v) is 6.51. The maximum absolute atomic E-state index is 11.0. The maximum Gasteiger partial charge on any atom is 0.305 e. The number of hydrogen-bond acceptors (Lipinski definition) is 5. The van der Waals surface area contributed by atoms with Crippen molar-refractivity contribution in [2.45, 2.75) is 148 Å². The van der Waals surface area contributed by atoms with E-state index in [0.717, 1.165) is 25.9 Å². The van der Waals surface area contributed by atoms with Crippen LogP contribution in [-0.4, -0.2) is 50.7 Å². The molecule has 1 N–H and O–H groups in total. The molecule has 0 unspecified atom stereocenters. The van der Waals surface area contributed by atoms with Gasteiger partial charge in [0, 0.05) is 19.6 Å². The molecule has 0 aromatic heterocycles. The Kier molecular flexibility index (Phi) is 28.0. The lowest BCUT2D eigenvalue weighted by molar-refractivity contribution is -0.140. The van der Waals surface area contributed by atoms with Crippen molar-refractivity contribution >= 4 is 5.97 Å². The molecule has 0 aromatic carbocycles. The molecule has 5 heteroatoms. The van der Waals surface area contributed by atoms with Gasteiger partial charge in [0.2, 0.25) is 0 Å². The third-order valence-electron chi connectivity index (χ3n) is 6.51. The molecular weight excluding hydrogens is 428 g/mol. The molecule has 5 nitrogen and oxygen atoms in total. The van der Waals surface area contributed by atoms with Crippen LogP contribution >= 0.6 is 0 Å². The van der Waals surface area contributed by atoms with Gasteiger partial charge < -0.3 is 19.3 Å². The monoisotopic (exact) mass is 486 g/mol. The van der Waals surface area contributed by atoms with Crippen molar-refractivity contribution < 1.29 is 24.1 Å². The van der Waals surface area contributed by atoms with Crippen molar-refractivity contribution in [1.29, 1.82) is 0 Å². The van der Waals surface area contributed by atoms with E-state index in [2.05, 4.69) is 11.7 Å². The number of carbonyl (C=O) groups excluding carboxylic acids is 1. The Labute approximate surface area is 211 Å². The number of aliphatic hydroxyl groups is 1. The van der Waals surface area contributed by atoms with Gasteiger partial charge in [-0.1, -0.05) is 116 Å². The summed E-state index contributed by atoms with van der Waals surface area (Å²) in [6, 6.07) is 0. The number of carbonyl (C=O) groups is 1. The lowest BCUT2D eigenvalue weighted by Crippen LogP contribution is -2.24. The molecule has 0 aromatic rings. The molecule has 0 fully saturated rings. The van der Waals surface area contributed by atoms with Gasteiger partial charge in [-0.3, -0.25) is 4.79 Å². The minimum atomic E-state index is -0.270. The van der Waals surface area contributed by atoms with Crippen molar-refractivity contribution in [3.63, 3.8) is 0 Å². The Hall–Kier alpha value is -0.650. The molecule has 0 aliphatic heterocycles. The SMILES string of the molecule is CCCCCCCCCCCCCCCCCCCCOC[C@H](CO)OCCCCC(=O)OC. The smallest absolute Gasteiger partial charge is 0.305 e. The zero-order valence-corrected chi connectivity index (χ0v) is 22.8. The first-order valence-electron chi connectivity index (χ1n) is 14.6. The van der Waals surface area contributed by atoms with Crippen LogP contribution in [0.4, 0.5) is 0 Å². The normalized spacial score (nSPS) is 12.2. The van der Waals surface area contributed by atoms with Crippen LogP contribution in [0.3, 0.4) is 0 Å². The van der Waals surface area contributed by atoms with Crippen LogP contribution < -0.4 is 0 Å². The molecule has 0 spiro atoms. The van der Waals surface area contributed by atoms with Gasteiger partial charge in [0.05, 0.1) is 20.3 Å². The Bertz CT molecular complexity index is 402. The van der Waals surface area contributed by atoms with Crippen molar-refractivity contribution in [2.75, 3.05) is 33.5 Å². The summed E-state index contributed by atoms with van der Waals surface area (Å²) >= 11 is 0. The highest BCUT2D eigenvalue weighted by Gasteiger charge is 2.08. The molecule has 0 radical (unpaired) electrons. The summed E-state index contributed by atoms with van der Waals surface area (Å²) in [4.78, 5) is 11.0. The number of ether oxygens (including phenoxy) is 3. The van der Waals surface area contributed by atoms with Crippen LogP contribution in [0.15, 0.2) is 0 Å². The summed E-state index contributed by atoms with van der Waals surface area (Å²) < 4.78 is 15.9. The minimum absolute atomic E-state index is 0.0316. The zero-order chi connectivity index (χ0) is 25.0. The highest BCUT2D eigenvalue weighted by atomic mass is 16.5. The first-order valence-corrected chi connectivity index (χ1v) is 14.6. The molecule has 0 saturated heterocycles. The first-order chi connectivity index (χ1) is 16.7. The minimum Gasteiger partial charge on any atom is -0.469 e. The number of rotatable bonds is 28. The molecule has 0 amide bonds. The van der Waals surface area contributed by atoms with Crippen LogP contribution in [0.25, 0.3) is 0 Å². The molecule has 0 heterocycles. The Balaban J connectivity index is 3.23. The molecule has 0 aliphatic carbocycles. The Morgan fingerprint density at radius 3 is 1.53 bits per heavy atom. The fourth-order valence-electron chi connectivity index (χ4n) is 4.20. The van der Waals surface area contributed by atoms with E-state index in [1.54, 1.807) is 0 Å². The second-order valence-electron chi connectivity index (χ2n) is 9.79. The van der Waals surface area contributed by atoms with E-state index in [4.69, 9.17) is 9.47 Å². The quantitative estimate of drug-likeness (QED) is 0.0904. The van der Waals surface area contributed by atoms with Gasteiger partial charge >= 0.3 is 5.97 Å². The van der Waals surface area contributed by atoms with E-state index in [-0.39, 0.29) is 18.7 Å². The van der Waals surface area contributed by atoms with Gasteiger partial charge in [-0.2, -0.15) is 0 Å². The van der Waals surface area contributed by atoms with E-state index in [1.807, 2.05) is 0 Å². The molecule has 204 valence electrons. The van der Waals surface area contributed by atoms with Crippen LogP contribution in [0.2, 0.25) is 0 Å². The second kappa shape index (κ2) is 28.6. The van der Waals surface area contributed by atoms with Crippen LogP contribution in [-0.2, 0) is 19.0 Å². The summed E-state index contributed by atoms with van der Waals surface area (Å²) in [5.41, 5.74) is 0. The first kappa shape index (κ1) is 33.4. The summed E-state index contributed by atoms with van der Waals surface area (Å²) in [5, 5.41) is 9.39. The van der Waals surface area contributed by atoms with Crippen LogP contribution in [0, 0.1) is 0 Å². The highest BCUT2D eigenvalue weighted by molar-refractivity contribution is 5.68. The molecule has 0 saturated carbocycles. The predicted molar refractivity (Wildman–Crippen MR) is 142 cm³/mol. The van der Waals surface area contributed by atoms with E-state index >= 15 is 0 Å². The molecule has 0 rings (SSSR count). The number of unbranched alkanes of at least 4 members (excludes halogenated alkanes) is 18. The average molecular weight is 487 g/mol. The molecule has 0 bridgehead atoms. The summed E-state index contributed by atoms with van der Waals surface area (Å²) in [6.07, 6.45) is 26.5. The van der Waals surface area contributed by atoms with Crippen molar-refractivity contribution in [1.82, 2.24) is 0 Å². The number of methoxy groups -OCH3 is 1. The summed E-state index contributed by atoms with van der Waals surface area (Å²) in [5.74, 6) is -0.189. The zero-order valence-electron chi connectivity index (χ0n) is 22.8. The van der Waals surface area contributed by atoms with Crippen molar-refractivity contribution in [3.05, 3.63) is 0 Å². The fourth-order valence-corrected chi connectivity index (χ4v) is 4.20. The highest BCUT2D eigenvalue weighted by Crippen LogP contribution is 2.14. The maximum atomic E-state index is 11.0. The van der Waals surface area contributed by atoms with Crippen LogP contribution in [0.5, 0.6) is 0 Å². The third kappa shape index (κ3) is 26.0. The van der Waals surface area contributed by atoms with E-state index < -0.39 is 0 Å². The predicted octanol–water partition coefficient (Wildman–Crippen LogP) is 7.77. The Morgan fingerprint density at radius 1 is 0.647 bits per heavy atom. The second-order valence-corrected chi connectivity index (χ2v) is 9.79. The van der Waals surface area contributed by atoms with E-state index in [9.17, 15) is 9.90 Å². The lowest BCUT2D eigenvalue weighted by atomic mass is 10.0. The molecular formula is C29H58O5. The summed E-state index contributed by atoms with van der Waals surface area (Å²) in [7, 11) is 1.40. The van der Waals surface area contributed by atoms with Gasteiger partial charge in [-0.05, 0) is 19.3 Å². The topological polar surface area (TPSA) is 65.0 Å². The van der Waals surface area contributed by atoms with Crippen LogP contribution in [0.1, 0.15) is 142 Å². The average Bonchev–Trinajstić information content (AvgIpc) is 2.85. The number of esters is 1. The number of hydrogen-bond donors (Lipinski definition) is 1. The van der Waals surface area contributed by atoms with Crippen molar-refractivity contribution in [2.24, 2.45) is 0 Å². The molecule has 0 aliphatic rings. The lowest BCUT2D eigenvalue weighted by Gasteiger charge is -2.15. The van der Waals surface area contributed by atoms with Gasteiger partial charge in [-0.15, -0.1) is 0 Å². The van der Waals surface area contributed by atoms with Gasteiger partial charge in [0.25, 0.3) is 0 Å². The largest absolute Gasteiger partial charge is 0.469 e. The molecule has 34 heavy (non-hydrogen) atoms. The van der Waals surface area contributed by atoms with E-state index in [0.29, 0.717) is 19.6 Å². The van der Waals surface area contributed by atoms with Crippen molar-refractivity contribution in [3.8, 4) is 0 Å². The van der Waals surface area contributed by atoms with Gasteiger partial charge in [0.1, 0.15) is 6.10 Å². The number of aliphatic hydroxyl groups excluding tert-OH is 1. The fraction of sp³-hybridized carbons (Fsp3) is 0.966. The van der Waals surface area contributed by atoms with Gasteiger partial charge in [0.15, 0.2) is 0 Å². The van der Waals surface area contributed by atoms with Gasteiger partial charge in [-0.25, -0.2) is 0 Å². The molecule has 1 atom stereocenters.